The van der Waals surface area contributed by atoms with E-state index in [4.69, 9.17) is 4.98 Å². The Hall–Kier alpha value is -1.12. The number of amides is 1. The van der Waals surface area contributed by atoms with E-state index in [-0.39, 0.29) is 28.7 Å². The molecule has 0 aliphatic carbocycles. The molecule has 2 fully saturated rings. The SMILES string of the molecule is O=C(CSC1CCS(=O)(=O)C1)N1CCCCC1c1nc2ccccc2s1. The first-order chi connectivity index (χ1) is 12.5. The summed E-state index contributed by atoms with van der Waals surface area (Å²) in [7, 11) is -2.89. The molecule has 2 aliphatic heterocycles. The lowest BCUT2D eigenvalue weighted by Crippen LogP contribution is -2.39. The Bertz CT molecular complexity index is 876. The van der Waals surface area contributed by atoms with Crippen molar-refractivity contribution in [3.63, 3.8) is 0 Å². The van der Waals surface area contributed by atoms with Crippen LogP contribution in [-0.4, -0.2) is 53.3 Å². The van der Waals surface area contributed by atoms with Crippen LogP contribution in [0.4, 0.5) is 0 Å². The molecule has 0 N–H and O–H groups in total. The van der Waals surface area contributed by atoms with Crippen LogP contribution in [0, 0.1) is 0 Å². The van der Waals surface area contributed by atoms with E-state index in [1.54, 1.807) is 11.3 Å². The van der Waals surface area contributed by atoms with E-state index in [9.17, 15) is 13.2 Å². The number of thioether (sulfide) groups is 1. The zero-order valence-electron chi connectivity index (χ0n) is 14.5. The number of carbonyl (C=O) groups excluding carboxylic acids is 1. The molecule has 1 aromatic heterocycles. The van der Waals surface area contributed by atoms with Crippen molar-refractivity contribution in [1.82, 2.24) is 9.88 Å². The van der Waals surface area contributed by atoms with Gasteiger partial charge in [0.2, 0.25) is 5.91 Å². The molecule has 0 spiro atoms. The Balaban J connectivity index is 1.45. The molecule has 5 nitrogen and oxygen atoms in total. The van der Waals surface area contributed by atoms with Gasteiger partial charge in [0.15, 0.2) is 9.84 Å². The number of rotatable bonds is 4. The number of aromatic nitrogens is 1. The van der Waals surface area contributed by atoms with Gasteiger partial charge >= 0.3 is 0 Å². The van der Waals surface area contributed by atoms with Crippen LogP contribution in [0.5, 0.6) is 0 Å². The summed E-state index contributed by atoms with van der Waals surface area (Å²) >= 11 is 3.18. The van der Waals surface area contributed by atoms with E-state index in [1.165, 1.54) is 11.8 Å². The lowest BCUT2D eigenvalue weighted by atomic mass is 10.0. The van der Waals surface area contributed by atoms with Crippen LogP contribution in [0.15, 0.2) is 24.3 Å². The van der Waals surface area contributed by atoms with E-state index in [2.05, 4.69) is 6.07 Å². The minimum Gasteiger partial charge on any atom is -0.333 e. The fraction of sp³-hybridized carbons (Fsp3) is 0.556. The molecular formula is C18H22N2O3S3. The summed E-state index contributed by atoms with van der Waals surface area (Å²) in [6.07, 6.45) is 3.75. The standard InChI is InChI=1S/C18H22N2O3S3/c21-17(11-24-13-8-10-26(22,23)12-13)20-9-4-3-6-15(20)18-19-14-5-1-2-7-16(14)25-18/h1-2,5,7,13,15H,3-4,6,8-12H2. The Morgan fingerprint density at radius 2 is 2.12 bits per heavy atom. The highest BCUT2D eigenvalue weighted by molar-refractivity contribution is 8.02. The molecule has 0 saturated carbocycles. The van der Waals surface area contributed by atoms with E-state index < -0.39 is 9.84 Å². The number of hydrogen-bond acceptors (Lipinski definition) is 6. The molecule has 1 amide bonds. The van der Waals surface area contributed by atoms with Gasteiger partial charge in [-0.3, -0.25) is 4.79 Å². The van der Waals surface area contributed by atoms with Crippen LogP contribution in [-0.2, 0) is 14.6 Å². The Morgan fingerprint density at radius 1 is 1.27 bits per heavy atom. The molecule has 3 heterocycles. The number of fused-ring (bicyclic) bond motifs is 1. The van der Waals surface area contributed by atoms with Gasteiger partial charge in [0.1, 0.15) is 5.01 Å². The molecular weight excluding hydrogens is 388 g/mol. The molecule has 140 valence electrons. The lowest BCUT2D eigenvalue weighted by Gasteiger charge is -2.34. The second kappa shape index (κ2) is 7.48. The molecule has 2 atom stereocenters. The number of carbonyl (C=O) groups is 1. The summed E-state index contributed by atoms with van der Waals surface area (Å²) in [6.45, 7) is 0.767. The average molecular weight is 411 g/mol. The van der Waals surface area contributed by atoms with E-state index in [1.807, 2.05) is 23.1 Å². The topological polar surface area (TPSA) is 67.3 Å². The minimum absolute atomic E-state index is 0.0570. The summed E-state index contributed by atoms with van der Waals surface area (Å²) in [6, 6.07) is 8.15. The van der Waals surface area contributed by atoms with Crippen molar-refractivity contribution in [2.45, 2.75) is 37.0 Å². The van der Waals surface area contributed by atoms with Crippen molar-refractivity contribution >= 4 is 49.1 Å². The van der Waals surface area contributed by atoms with Crippen LogP contribution in [0.2, 0.25) is 0 Å². The van der Waals surface area contributed by atoms with Gasteiger partial charge in [-0.1, -0.05) is 12.1 Å². The second-order valence-corrected chi connectivity index (χ2v) is 11.5. The maximum Gasteiger partial charge on any atom is 0.233 e. The molecule has 8 heteroatoms. The van der Waals surface area contributed by atoms with Crippen molar-refractivity contribution in [2.75, 3.05) is 23.8 Å². The van der Waals surface area contributed by atoms with Crippen molar-refractivity contribution in [3.05, 3.63) is 29.3 Å². The van der Waals surface area contributed by atoms with Gasteiger partial charge in [-0.15, -0.1) is 23.1 Å². The molecule has 0 bridgehead atoms. The number of sulfone groups is 1. The van der Waals surface area contributed by atoms with Crippen LogP contribution in [0.1, 0.15) is 36.7 Å². The van der Waals surface area contributed by atoms with Gasteiger partial charge in [0.25, 0.3) is 0 Å². The number of para-hydroxylation sites is 1. The molecule has 1 aromatic carbocycles. The van der Waals surface area contributed by atoms with Gasteiger partial charge in [0, 0.05) is 11.8 Å². The third kappa shape index (κ3) is 3.92. The summed E-state index contributed by atoms with van der Waals surface area (Å²) in [5.74, 6) is 0.952. The number of nitrogens with zero attached hydrogens (tertiary/aromatic N) is 2. The maximum absolute atomic E-state index is 12.8. The number of thiazole rings is 1. The predicted octanol–water partition coefficient (Wildman–Crippen LogP) is 3.27. The zero-order chi connectivity index (χ0) is 18.1. The van der Waals surface area contributed by atoms with Crippen LogP contribution in [0.3, 0.4) is 0 Å². The molecule has 4 rings (SSSR count). The fourth-order valence-electron chi connectivity index (χ4n) is 3.68. The fourth-order valence-corrected chi connectivity index (χ4v) is 8.33. The smallest absolute Gasteiger partial charge is 0.233 e. The first-order valence-electron chi connectivity index (χ1n) is 8.99. The average Bonchev–Trinajstić information content (AvgIpc) is 3.22. The number of piperidine rings is 1. The van der Waals surface area contributed by atoms with Crippen LogP contribution < -0.4 is 0 Å². The third-order valence-corrected chi connectivity index (χ3v) is 9.46. The first kappa shape index (κ1) is 18.3. The van der Waals surface area contributed by atoms with Crippen LogP contribution >= 0.6 is 23.1 Å². The molecule has 2 saturated heterocycles. The number of hydrogen-bond donors (Lipinski definition) is 0. The molecule has 2 unspecified atom stereocenters. The summed E-state index contributed by atoms with van der Waals surface area (Å²) in [5.41, 5.74) is 0.996. The molecule has 2 aliphatic rings. The Labute approximate surface area is 162 Å². The first-order valence-corrected chi connectivity index (χ1v) is 12.7. The van der Waals surface area contributed by atoms with Gasteiger partial charge in [-0.25, -0.2) is 13.4 Å². The quantitative estimate of drug-likeness (QED) is 0.774. The van der Waals surface area contributed by atoms with E-state index in [0.29, 0.717) is 12.2 Å². The number of likely N-dealkylation sites (tertiary alicyclic amines) is 1. The molecule has 2 aromatic rings. The normalized spacial score (nSPS) is 25.6. The third-order valence-electron chi connectivity index (χ3n) is 5.05. The van der Waals surface area contributed by atoms with Crippen molar-refractivity contribution in [2.24, 2.45) is 0 Å². The van der Waals surface area contributed by atoms with Gasteiger partial charge < -0.3 is 4.90 Å². The Kier molecular flexibility index (Phi) is 5.25. The highest BCUT2D eigenvalue weighted by Gasteiger charge is 2.32. The lowest BCUT2D eigenvalue weighted by molar-refractivity contribution is -0.132. The van der Waals surface area contributed by atoms with Crippen LogP contribution in [0.25, 0.3) is 10.2 Å². The Morgan fingerprint density at radius 3 is 2.88 bits per heavy atom. The molecule has 26 heavy (non-hydrogen) atoms. The predicted molar refractivity (Wildman–Crippen MR) is 107 cm³/mol. The molecule has 0 radical (unpaired) electrons. The van der Waals surface area contributed by atoms with Crippen molar-refractivity contribution in [1.29, 1.82) is 0 Å². The second-order valence-electron chi connectivity index (χ2n) is 6.95. The van der Waals surface area contributed by atoms with Crippen molar-refractivity contribution < 1.29 is 13.2 Å². The minimum atomic E-state index is -2.89. The largest absolute Gasteiger partial charge is 0.333 e. The number of benzene rings is 1. The van der Waals surface area contributed by atoms with E-state index in [0.717, 1.165) is 41.0 Å². The van der Waals surface area contributed by atoms with Gasteiger partial charge in [-0.05, 0) is 37.8 Å². The van der Waals surface area contributed by atoms with E-state index >= 15 is 0 Å². The summed E-state index contributed by atoms with van der Waals surface area (Å²) in [5, 5.41) is 1.09. The summed E-state index contributed by atoms with van der Waals surface area (Å²) in [4.78, 5) is 19.6. The highest BCUT2D eigenvalue weighted by atomic mass is 32.2. The summed E-state index contributed by atoms with van der Waals surface area (Å²) < 4.78 is 24.3. The van der Waals surface area contributed by atoms with Crippen molar-refractivity contribution in [3.8, 4) is 0 Å². The van der Waals surface area contributed by atoms with Gasteiger partial charge in [0.05, 0.1) is 33.5 Å². The monoisotopic (exact) mass is 410 g/mol. The maximum atomic E-state index is 12.8. The zero-order valence-corrected chi connectivity index (χ0v) is 16.9. The highest BCUT2D eigenvalue weighted by Crippen LogP contribution is 2.36. The van der Waals surface area contributed by atoms with Gasteiger partial charge in [-0.2, -0.15) is 0 Å².